The minimum Gasteiger partial charge on any atom is -0.377 e. The fourth-order valence-corrected chi connectivity index (χ4v) is 2.25. The molecule has 0 spiro atoms. The van der Waals surface area contributed by atoms with Crippen molar-refractivity contribution in [2.45, 2.75) is 46.3 Å². The number of hydrogen-bond acceptors (Lipinski definition) is 4. The average molecular weight is 242 g/mol. The molecule has 0 saturated heterocycles. The molecule has 0 bridgehead atoms. The molecule has 3 nitrogen and oxygen atoms in total. The van der Waals surface area contributed by atoms with Crippen molar-refractivity contribution < 1.29 is 4.74 Å². The van der Waals surface area contributed by atoms with Crippen molar-refractivity contribution in [3.05, 3.63) is 16.1 Å². The van der Waals surface area contributed by atoms with Crippen LogP contribution in [0.4, 0.5) is 0 Å². The first-order chi connectivity index (χ1) is 7.63. The summed E-state index contributed by atoms with van der Waals surface area (Å²) in [5.74, 6) is 0.529. The summed E-state index contributed by atoms with van der Waals surface area (Å²) in [7, 11) is 0. The number of ether oxygens (including phenoxy) is 1. The summed E-state index contributed by atoms with van der Waals surface area (Å²) < 4.78 is 5.44. The summed E-state index contributed by atoms with van der Waals surface area (Å²) in [4.78, 5) is 4.57. The highest BCUT2D eigenvalue weighted by atomic mass is 32.1. The van der Waals surface area contributed by atoms with Crippen LogP contribution in [-0.2, 0) is 11.3 Å². The van der Waals surface area contributed by atoms with Gasteiger partial charge in [-0.05, 0) is 13.8 Å². The Hall–Kier alpha value is -0.450. The van der Waals surface area contributed by atoms with Crippen LogP contribution in [-0.4, -0.2) is 24.2 Å². The smallest absolute Gasteiger partial charge is 0.0954 e. The maximum Gasteiger partial charge on any atom is 0.0954 e. The van der Waals surface area contributed by atoms with E-state index in [0.29, 0.717) is 5.92 Å². The lowest BCUT2D eigenvalue weighted by molar-refractivity contribution is 0.0759. The predicted molar refractivity (Wildman–Crippen MR) is 69.0 cm³/mol. The van der Waals surface area contributed by atoms with Gasteiger partial charge in [-0.2, -0.15) is 0 Å². The van der Waals surface area contributed by atoms with Gasteiger partial charge in [0.15, 0.2) is 0 Å². The Balaban J connectivity index is 2.26. The maximum absolute atomic E-state index is 5.44. The largest absolute Gasteiger partial charge is 0.377 e. The summed E-state index contributed by atoms with van der Waals surface area (Å²) in [5.41, 5.74) is 1.14. The van der Waals surface area contributed by atoms with Gasteiger partial charge < -0.3 is 10.1 Å². The van der Waals surface area contributed by atoms with Crippen LogP contribution in [0.3, 0.4) is 0 Å². The first-order valence-corrected chi connectivity index (χ1v) is 6.78. The van der Waals surface area contributed by atoms with Crippen LogP contribution >= 0.6 is 11.3 Å². The molecule has 1 heterocycles. The van der Waals surface area contributed by atoms with E-state index in [0.717, 1.165) is 25.4 Å². The van der Waals surface area contributed by atoms with Crippen molar-refractivity contribution in [3.63, 3.8) is 0 Å². The van der Waals surface area contributed by atoms with E-state index in [1.807, 2.05) is 6.92 Å². The number of aromatic nitrogens is 1. The Morgan fingerprint density at radius 3 is 2.75 bits per heavy atom. The molecule has 0 saturated carbocycles. The summed E-state index contributed by atoms with van der Waals surface area (Å²) >= 11 is 1.74. The SMILES string of the molecule is CCOC(C)CNCc1csc(C(C)C)n1. The van der Waals surface area contributed by atoms with Crippen LogP contribution in [0.25, 0.3) is 0 Å². The third kappa shape index (κ3) is 4.60. The maximum atomic E-state index is 5.44. The topological polar surface area (TPSA) is 34.1 Å². The molecule has 0 aliphatic heterocycles. The fraction of sp³-hybridized carbons (Fsp3) is 0.750. The van der Waals surface area contributed by atoms with E-state index in [1.54, 1.807) is 11.3 Å². The molecule has 16 heavy (non-hydrogen) atoms. The molecule has 0 aliphatic carbocycles. The Morgan fingerprint density at radius 1 is 1.44 bits per heavy atom. The third-order valence-corrected chi connectivity index (χ3v) is 3.45. The summed E-state index contributed by atoms with van der Waals surface area (Å²) in [6.45, 7) is 10.9. The number of nitrogens with zero attached hydrogens (tertiary/aromatic N) is 1. The van der Waals surface area contributed by atoms with Gasteiger partial charge in [0.1, 0.15) is 0 Å². The minimum atomic E-state index is 0.271. The second-order valence-electron chi connectivity index (χ2n) is 4.23. The van der Waals surface area contributed by atoms with Gasteiger partial charge in [-0.3, -0.25) is 0 Å². The average Bonchev–Trinajstić information content (AvgIpc) is 2.67. The second kappa shape index (κ2) is 6.99. The van der Waals surface area contributed by atoms with E-state index in [-0.39, 0.29) is 6.10 Å². The van der Waals surface area contributed by atoms with Crippen molar-refractivity contribution in [2.24, 2.45) is 0 Å². The second-order valence-corrected chi connectivity index (χ2v) is 5.12. The Labute approximate surface area is 102 Å². The van der Waals surface area contributed by atoms with Gasteiger partial charge in [-0.15, -0.1) is 11.3 Å². The van der Waals surface area contributed by atoms with Gasteiger partial charge >= 0.3 is 0 Å². The lowest BCUT2D eigenvalue weighted by Gasteiger charge is -2.11. The Bertz CT molecular complexity index is 299. The molecule has 0 aliphatic rings. The molecule has 1 N–H and O–H groups in total. The van der Waals surface area contributed by atoms with Crippen LogP contribution in [0.5, 0.6) is 0 Å². The van der Waals surface area contributed by atoms with Gasteiger partial charge in [0.25, 0.3) is 0 Å². The molecule has 1 atom stereocenters. The van der Waals surface area contributed by atoms with Gasteiger partial charge in [0, 0.05) is 31.0 Å². The van der Waals surface area contributed by atoms with E-state index in [9.17, 15) is 0 Å². The Morgan fingerprint density at radius 2 is 2.19 bits per heavy atom. The van der Waals surface area contributed by atoms with Crippen LogP contribution in [0.15, 0.2) is 5.38 Å². The predicted octanol–water partition coefficient (Wildman–Crippen LogP) is 2.78. The highest BCUT2D eigenvalue weighted by molar-refractivity contribution is 7.09. The van der Waals surface area contributed by atoms with Crippen molar-refractivity contribution in [1.29, 1.82) is 0 Å². The van der Waals surface area contributed by atoms with E-state index in [1.165, 1.54) is 5.01 Å². The molecule has 92 valence electrons. The van der Waals surface area contributed by atoms with Gasteiger partial charge in [-0.1, -0.05) is 13.8 Å². The fourth-order valence-electron chi connectivity index (χ4n) is 1.42. The monoisotopic (exact) mass is 242 g/mol. The van der Waals surface area contributed by atoms with Crippen LogP contribution in [0.1, 0.15) is 44.3 Å². The molecule has 0 radical (unpaired) electrons. The summed E-state index contributed by atoms with van der Waals surface area (Å²) in [6.07, 6.45) is 0.271. The zero-order chi connectivity index (χ0) is 12.0. The number of thiazole rings is 1. The summed E-state index contributed by atoms with van der Waals surface area (Å²) in [6, 6.07) is 0. The van der Waals surface area contributed by atoms with Gasteiger partial charge in [-0.25, -0.2) is 4.98 Å². The normalized spacial score (nSPS) is 13.3. The molecule has 1 unspecified atom stereocenters. The van der Waals surface area contributed by atoms with Crippen molar-refractivity contribution in [2.75, 3.05) is 13.2 Å². The molecule has 4 heteroatoms. The van der Waals surface area contributed by atoms with Crippen LogP contribution in [0, 0.1) is 0 Å². The lowest BCUT2D eigenvalue weighted by Crippen LogP contribution is -2.26. The molecular weight excluding hydrogens is 220 g/mol. The first-order valence-electron chi connectivity index (χ1n) is 5.90. The first kappa shape index (κ1) is 13.6. The molecule has 1 aromatic heterocycles. The highest BCUT2D eigenvalue weighted by Crippen LogP contribution is 2.18. The van der Waals surface area contributed by atoms with Crippen LogP contribution in [0.2, 0.25) is 0 Å². The standard InChI is InChI=1S/C12H22N2OS/c1-5-15-10(4)6-13-7-11-8-16-12(14-11)9(2)3/h8-10,13H,5-7H2,1-4H3. The number of rotatable bonds is 7. The van der Waals surface area contributed by atoms with Gasteiger partial charge in [0.05, 0.1) is 16.8 Å². The molecule has 0 aromatic carbocycles. The quantitative estimate of drug-likeness (QED) is 0.798. The number of hydrogen-bond donors (Lipinski definition) is 1. The van der Waals surface area contributed by atoms with Crippen molar-refractivity contribution in [1.82, 2.24) is 10.3 Å². The van der Waals surface area contributed by atoms with Crippen molar-refractivity contribution in [3.8, 4) is 0 Å². The van der Waals surface area contributed by atoms with Gasteiger partial charge in [0.2, 0.25) is 0 Å². The molecule has 0 amide bonds. The van der Waals surface area contributed by atoms with E-state index in [2.05, 4.69) is 36.5 Å². The molecule has 0 fully saturated rings. The summed E-state index contributed by atoms with van der Waals surface area (Å²) in [5, 5.41) is 6.71. The number of nitrogens with one attached hydrogen (secondary N) is 1. The van der Waals surface area contributed by atoms with E-state index < -0.39 is 0 Å². The minimum absolute atomic E-state index is 0.271. The molecule has 1 aromatic rings. The lowest BCUT2D eigenvalue weighted by atomic mass is 10.2. The Kier molecular flexibility index (Phi) is 5.95. The molecular formula is C12H22N2OS. The third-order valence-electron chi connectivity index (χ3n) is 2.25. The van der Waals surface area contributed by atoms with Crippen molar-refractivity contribution >= 4 is 11.3 Å². The zero-order valence-corrected chi connectivity index (χ0v) is 11.4. The van der Waals surface area contributed by atoms with E-state index in [4.69, 9.17) is 4.74 Å². The zero-order valence-electron chi connectivity index (χ0n) is 10.6. The highest BCUT2D eigenvalue weighted by Gasteiger charge is 2.06. The van der Waals surface area contributed by atoms with E-state index >= 15 is 0 Å². The van der Waals surface area contributed by atoms with Crippen LogP contribution < -0.4 is 5.32 Å². The molecule has 1 rings (SSSR count).